The Hall–Kier alpha value is -1.49. The fourth-order valence-corrected chi connectivity index (χ4v) is 7.51. The van der Waals surface area contributed by atoms with E-state index in [1.54, 1.807) is 0 Å². The number of rotatable bonds is 5. The van der Waals surface area contributed by atoms with Gasteiger partial charge in [-0.25, -0.2) is 0 Å². The molecule has 1 aliphatic heterocycles. The van der Waals surface area contributed by atoms with E-state index >= 15 is 0 Å². The highest BCUT2D eigenvalue weighted by molar-refractivity contribution is 6.17. The van der Waals surface area contributed by atoms with Gasteiger partial charge < -0.3 is 9.64 Å². The molecule has 4 aliphatic carbocycles. The van der Waals surface area contributed by atoms with Crippen LogP contribution in [-0.4, -0.2) is 49.7 Å². The SMILES string of the molecule is C=C1C(=O)[C@]23CC[C@H]1CC2C1(CCCC)C(=O)OCC(C)C1C(CN(C)C)C3=O. The Balaban J connectivity index is 1.94. The molecule has 0 N–H and O–H groups in total. The predicted molar refractivity (Wildman–Crippen MR) is 110 cm³/mol. The highest BCUT2D eigenvalue weighted by Crippen LogP contribution is 2.69. The molecule has 1 spiro atoms. The molecule has 5 aliphatic rings. The number of hydrogen-bond acceptors (Lipinski definition) is 5. The quantitative estimate of drug-likeness (QED) is 0.402. The molecule has 5 fully saturated rings. The maximum Gasteiger partial charge on any atom is 0.312 e. The molecule has 5 heteroatoms. The number of fused-ring (bicyclic) bond motifs is 3. The number of nitrogens with zero attached hydrogens (tertiary/aromatic N) is 1. The van der Waals surface area contributed by atoms with Gasteiger partial charge in [-0.15, -0.1) is 0 Å². The summed E-state index contributed by atoms with van der Waals surface area (Å²) < 4.78 is 5.77. The summed E-state index contributed by atoms with van der Waals surface area (Å²) in [5.74, 6) is -0.511. The molecule has 0 aromatic carbocycles. The second-order valence-electron chi connectivity index (χ2n) is 10.3. The van der Waals surface area contributed by atoms with Gasteiger partial charge in [0, 0.05) is 12.5 Å². The second kappa shape index (κ2) is 7.04. The standard InChI is InChI=1S/C24H35NO4/c1-6-7-9-23-18-11-16-8-10-24(18,20(26)15(16)3)21(27)17(12-25(4)5)19(23)14(2)13-29-22(23)28/h14,16-19H,3,6-13H2,1-2,4-5H3/t14?,16-,17?,18?,19?,23?,24-/m0/s1. The van der Waals surface area contributed by atoms with E-state index in [9.17, 15) is 14.4 Å². The lowest BCUT2D eigenvalue weighted by Gasteiger charge is -2.65. The maximum absolute atomic E-state index is 14.1. The van der Waals surface area contributed by atoms with Gasteiger partial charge in [-0.05, 0) is 69.0 Å². The molecule has 4 saturated carbocycles. The molecule has 2 bridgehead atoms. The highest BCUT2D eigenvalue weighted by atomic mass is 16.5. The Kier molecular flexibility index (Phi) is 5.04. The van der Waals surface area contributed by atoms with Crippen LogP contribution in [0.3, 0.4) is 0 Å². The third kappa shape index (κ3) is 2.58. The van der Waals surface area contributed by atoms with Gasteiger partial charge in [0.2, 0.25) is 0 Å². The first-order valence-corrected chi connectivity index (χ1v) is 11.3. The van der Waals surface area contributed by atoms with E-state index in [4.69, 9.17) is 4.74 Å². The molecule has 5 rings (SSSR count). The van der Waals surface area contributed by atoms with E-state index in [0.717, 1.165) is 25.7 Å². The van der Waals surface area contributed by atoms with E-state index in [2.05, 4.69) is 20.4 Å². The third-order valence-electron chi connectivity index (χ3n) is 8.59. The van der Waals surface area contributed by atoms with Crippen LogP contribution in [0.15, 0.2) is 12.2 Å². The van der Waals surface area contributed by atoms with Crippen LogP contribution >= 0.6 is 0 Å². The average molecular weight is 402 g/mol. The molecule has 0 aromatic heterocycles. The van der Waals surface area contributed by atoms with Crippen LogP contribution < -0.4 is 0 Å². The lowest BCUT2D eigenvalue weighted by Crippen LogP contribution is -2.72. The molecular formula is C24H35NO4. The molecule has 5 unspecified atom stereocenters. The van der Waals surface area contributed by atoms with Gasteiger partial charge in [-0.3, -0.25) is 14.4 Å². The summed E-state index contributed by atoms with van der Waals surface area (Å²) in [7, 11) is 3.93. The summed E-state index contributed by atoms with van der Waals surface area (Å²) in [5, 5.41) is 0. The van der Waals surface area contributed by atoms with Crippen LogP contribution in [0.4, 0.5) is 0 Å². The molecule has 0 aromatic rings. The van der Waals surface area contributed by atoms with Gasteiger partial charge in [-0.1, -0.05) is 33.3 Å². The number of hydrogen-bond donors (Lipinski definition) is 0. The van der Waals surface area contributed by atoms with Crippen LogP contribution in [-0.2, 0) is 19.1 Å². The summed E-state index contributed by atoms with van der Waals surface area (Å²) in [6.07, 6.45) is 4.74. The molecule has 0 amide bonds. The topological polar surface area (TPSA) is 63.7 Å². The summed E-state index contributed by atoms with van der Waals surface area (Å²) in [5.41, 5.74) is -1.17. The number of ketones is 2. The van der Waals surface area contributed by atoms with Crippen LogP contribution in [0.1, 0.15) is 52.4 Å². The van der Waals surface area contributed by atoms with Crippen LogP contribution in [0, 0.1) is 40.4 Å². The van der Waals surface area contributed by atoms with Crippen molar-refractivity contribution in [1.29, 1.82) is 0 Å². The van der Waals surface area contributed by atoms with Gasteiger partial charge in [0.1, 0.15) is 0 Å². The first kappa shape index (κ1) is 20.8. The zero-order valence-corrected chi connectivity index (χ0v) is 18.3. The van der Waals surface area contributed by atoms with E-state index in [1.807, 2.05) is 19.0 Å². The number of esters is 1. The van der Waals surface area contributed by atoms with Crippen molar-refractivity contribution in [3.05, 3.63) is 12.2 Å². The molecule has 5 nitrogen and oxygen atoms in total. The first-order valence-electron chi connectivity index (χ1n) is 11.3. The molecule has 1 heterocycles. The zero-order valence-electron chi connectivity index (χ0n) is 18.3. The minimum atomic E-state index is -1.06. The minimum Gasteiger partial charge on any atom is -0.465 e. The van der Waals surface area contributed by atoms with Crippen molar-refractivity contribution in [3.8, 4) is 0 Å². The zero-order chi connectivity index (χ0) is 21.1. The fraction of sp³-hybridized carbons (Fsp3) is 0.792. The number of carbonyl (C=O) groups excluding carboxylic acids is 3. The van der Waals surface area contributed by atoms with E-state index in [-0.39, 0.29) is 47.1 Å². The van der Waals surface area contributed by atoms with E-state index in [0.29, 0.717) is 31.6 Å². The number of allylic oxidation sites excluding steroid dienone is 1. The van der Waals surface area contributed by atoms with E-state index in [1.165, 1.54) is 0 Å². The van der Waals surface area contributed by atoms with Crippen molar-refractivity contribution >= 4 is 17.5 Å². The predicted octanol–water partition coefficient (Wildman–Crippen LogP) is 3.27. The van der Waals surface area contributed by atoms with Gasteiger partial charge in [0.25, 0.3) is 0 Å². The Labute approximate surface area is 174 Å². The van der Waals surface area contributed by atoms with Gasteiger partial charge in [-0.2, -0.15) is 0 Å². The summed E-state index contributed by atoms with van der Waals surface area (Å²) in [4.78, 5) is 43.3. The molecule has 1 saturated heterocycles. The fourth-order valence-electron chi connectivity index (χ4n) is 7.51. The molecule has 7 atom stereocenters. The van der Waals surface area contributed by atoms with Crippen LogP contribution in [0.5, 0.6) is 0 Å². The molecular weight excluding hydrogens is 366 g/mol. The Bertz CT molecular complexity index is 758. The number of Topliss-reactive ketones (excluding diaryl/α,β-unsaturated/α-hetero) is 2. The Morgan fingerprint density at radius 2 is 1.97 bits per heavy atom. The van der Waals surface area contributed by atoms with Crippen LogP contribution in [0.25, 0.3) is 0 Å². The lowest BCUT2D eigenvalue weighted by atomic mass is 9.36. The number of ether oxygens (including phenoxy) is 1. The monoisotopic (exact) mass is 401 g/mol. The smallest absolute Gasteiger partial charge is 0.312 e. The van der Waals surface area contributed by atoms with Crippen molar-refractivity contribution in [3.63, 3.8) is 0 Å². The number of cyclic esters (lactones) is 1. The summed E-state index contributed by atoms with van der Waals surface area (Å²) in [6, 6.07) is 0. The molecule has 29 heavy (non-hydrogen) atoms. The largest absolute Gasteiger partial charge is 0.465 e. The first-order chi connectivity index (χ1) is 13.7. The van der Waals surface area contributed by atoms with Crippen molar-refractivity contribution in [2.75, 3.05) is 27.2 Å². The lowest BCUT2D eigenvalue weighted by molar-refractivity contribution is -0.217. The summed E-state index contributed by atoms with van der Waals surface area (Å²) in [6.45, 7) is 9.28. The Morgan fingerprint density at radius 3 is 2.62 bits per heavy atom. The van der Waals surface area contributed by atoms with Gasteiger partial charge >= 0.3 is 5.97 Å². The van der Waals surface area contributed by atoms with Gasteiger partial charge in [0.05, 0.1) is 17.4 Å². The summed E-state index contributed by atoms with van der Waals surface area (Å²) >= 11 is 0. The van der Waals surface area contributed by atoms with Gasteiger partial charge in [0.15, 0.2) is 11.6 Å². The minimum absolute atomic E-state index is 0.0544. The normalized spacial score (nSPS) is 44.0. The second-order valence-corrected chi connectivity index (χ2v) is 10.3. The maximum atomic E-state index is 14.1. The van der Waals surface area contributed by atoms with E-state index < -0.39 is 10.8 Å². The number of unbranched alkanes of at least 4 members (excludes halogenated alkanes) is 1. The Morgan fingerprint density at radius 1 is 1.24 bits per heavy atom. The molecule has 0 radical (unpaired) electrons. The van der Waals surface area contributed by atoms with Crippen molar-refractivity contribution in [2.45, 2.75) is 52.4 Å². The van der Waals surface area contributed by atoms with Crippen molar-refractivity contribution in [2.24, 2.45) is 40.4 Å². The molecule has 160 valence electrons. The third-order valence-corrected chi connectivity index (χ3v) is 8.59. The van der Waals surface area contributed by atoms with Crippen LogP contribution in [0.2, 0.25) is 0 Å². The van der Waals surface area contributed by atoms with Crippen molar-refractivity contribution in [1.82, 2.24) is 4.90 Å². The average Bonchev–Trinajstić information content (AvgIpc) is 2.69. The van der Waals surface area contributed by atoms with Crippen molar-refractivity contribution < 1.29 is 19.1 Å². The number of carbonyl (C=O) groups is 3. The highest BCUT2D eigenvalue weighted by Gasteiger charge is 2.75.